The molecule has 0 saturated carbocycles. The van der Waals surface area contributed by atoms with Gasteiger partial charge in [-0.2, -0.15) is 4.31 Å². The predicted octanol–water partition coefficient (Wildman–Crippen LogP) is 5.37. The molecule has 2 aromatic rings. The van der Waals surface area contributed by atoms with E-state index in [0.717, 1.165) is 73.9 Å². The van der Waals surface area contributed by atoms with E-state index in [1.165, 1.54) is 39.2 Å². The Morgan fingerprint density at radius 3 is 2.14 bits per heavy atom. The van der Waals surface area contributed by atoms with Crippen LogP contribution in [0.4, 0.5) is 5.82 Å². The van der Waals surface area contributed by atoms with Gasteiger partial charge in [0.15, 0.2) is 17.7 Å². The van der Waals surface area contributed by atoms with Crippen LogP contribution in [0.1, 0.15) is 97.6 Å². The molecule has 0 bridgehead atoms. The van der Waals surface area contributed by atoms with Crippen LogP contribution in [-0.4, -0.2) is 123 Å². The molecule has 10 N–H and O–H groups in total. The summed E-state index contributed by atoms with van der Waals surface area (Å²) in [5.41, 5.74) is 4.27. The zero-order valence-corrected chi connectivity index (χ0v) is 43.4. The lowest BCUT2D eigenvalue weighted by Crippen LogP contribution is -2.46. The molecular formula is C43H68N7O17P3S. The van der Waals surface area contributed by atoms with Crippen molar-refractivity contribution in [3.63, 3.8) is 0 Å². The number of rotatable bonds is 34. The van der Waals surface area contributed by atoms with Crippen molar-refractivity contribution in [3.05, 3.63) is 73.4 Å². The van der Waals surface area contributed by atoms with Gasteiger partial charge in [0, 0.05) is 30.7 Å². The lowest BCUT2D eigenvalue weighted by Gasteiger charge is -2.30. The number of imidazole rings is 1. The molecule has 28 heteroatoms. The van der Waals surface area contributed by atoms with Crippen molar-refractivity contribution in [1.29, 1.82) is 0 Å². The summed E-state index contributed by atoms with van der Waals surface area (Å²) in [6.07, 6.45) is 24.1. The Kier molecular flexibility index (Phi) is 27.0. The van der Waals surface area contributed by atoms with E-state index in [0.29, 0.717) is 5.75 Å². The number of aliphatic hydroxyl groups is 2. The van der Waals surface area contributed by atoms with Crippen LogP contribution in [0.5, 0.6) is 0 Å². The SMILES string of the molecule is CCCCC/C=C\C/C=C\C/C=C\C/C=C\CCC/C=C/C(=O)SCCNC(=O)CCNC(=O)[C@H](O)C(C)(C)COP(=O)(O)OP(=O)(O)OC[C@H]1O[C@@H](n2cnc3c(N)ncnc32)[C@H](O)[C@@H]1OP(=O)(O)O. The number of nitrogens with zero attached hydrogens (tertiary/aromatic N) is 4. The number of hydrogen-bond acceptors (Lipinski definition) is 18. The monoisotopic (exact) mass is 1080 g/mol. The first-order valence-corrected chi connectivity index (χ1v) is 28.4. The van der Waals surface area contributed by atoms with E-state index in [-0.39, 0.29) is 41.6 Å². The molecule has 1 aliphatic heterocycles. The zero-order valence-electron chi connectivity index (χ0n) is 39.9. The van der Waals surface area contributed by atoms with Crippen LogP contribution in [0.2, 0.25) is 0 Å². The number of amides is 2. The molecule has 1 fully saturated rings. The second kappa shape index (κ2) is 31.1. The standard InChI is InChI=1S/C43H68N7O17P3S/c1-4-5-6-7-8-9-10-11-12-13-14-15-16-17-18-19-20-21-22-23-34(52)71-27-26-45-33(51)24-25-46-41(55)38(54)43(2,3)29-64-70(61,62)67-69(59,60)63-28-32-37(66-68(56,57)58)36(53)42(65-32)50-31-49-35-39(44)47-30-48-40(35)50/h8-9,11-12,14-15,17-18,22-23,30-32,36-38,42,53-54H,4-7,10,13,16,19-21,24-29H2,1-3H3,(H,45,51)(H,46,55)(H,59,60)(H,61,62)(H2,44,47,48)(H2,56,57,58)/b9-8-,12-11-,15-14-,18-17-,23-22+/t32-,36-,37-,38+,42-/m1/s1. The van der Waals surface area contributed by atoms with Crippen LogP contribution in [-0.2, 0) is 50.7 Å². The number of aliphatic hydroxyl groups excluding tert-OH is 2. The maximum atomic E-state index is 12.7. The highest BCUT2D eigenvalue weighted by atomic mass is 32.2. The van der Waals surface area contributed by atoms with Crippen LogP contribution in [0, 0.1) is 5.41 Å². The smallest absolute Gasteiger partial charge is 0.386 e. The van der Waals surface area contributed by atoms with Gasteiger partial charge in [-0.3, -0.25) is 32.5 Å². The number of nitrogen functional groups attached to an aromatic ring is 1. The van der Waals surface area contributed by atoms with Crippen LogP contribution in [0.25, 0.3) is 11.2 Å². The molecule has 3 rings (SSSR count). The molecular weight excluding hydrogens is 1010 g/mol. The van der Waals surface area contributed by atoms with Crippen molar-refractivity contribution in [2.24, 2.45) is 5.41 Å². The van der Waals surface area contributed by atoms with Gasteiger partial charge in [-0.25, -0.2) is 28.6 Å². The number of hydrogen-bond donors (Lipinski definition) is 9. The van der Waals surface area contributed by atoms with Crippen molar-refractivity contribution in [2.45, 2.75) is 122 Å². The van der Waals surface area contributed by atoms with Gasteiger partial charge in [0.1, 0.15) is 36.3 Å². The molecule has 1 aliphatic rings. The second-order valence-corrected chi connectivity index (χ2v) is 22.0. The van der Waals surface area contributed by atoms with E-state index < -0.39 is 84.6 Å². The molecule has 1 saturated heterocycles. The second-order valence-electron chi connectivity index (χ2n) is 16.7. The van der Waals surface area contributed by atoms with Gasteiger partial charge in [0.25, 0.3) is 0 Å². The van der Waals surface area contributed by atoms with Gasteiger partial charge in [0.2, 0.25) is 16.9 Å². The number of carbonyl (C=O) groups is 3. The van der Waals surface area contributed by atoms with E-state index in [2.05, 4.69) is 90.0 Å². The first kappa shape index (κ1) is 61.6. The number of ether oxygens (including phenoxy) is 1. The Morgan fingerprint density at radius 1 is 0.873 bits per heavy atom. The molecule has 398 valence electrons. The third-order valence-electron chi connectivity index (χ3n) is 10.2. The van der Waals surface area contributed by atoms with Crippen molar-refractivity contribution < 1.29 is 80.5 Å². The Balaban J connectivity index is 1.29. The summed E-state index contributed by atoms with van der Waals surface area (Å²) >= 11 is 1.04. The fraction of sp³-hybridized carbons (Fsp3) is 0.581. The molecule has 71 heavy (non-hydrogen) atoms. The van der Waals surface area contributed by atoms with Gasteiger partial charge < -0.3 is 50.9 Å². The maximum absolute atomic E-state index is 12.7. The molecule has 0 aliphatic carbocycles. The fourth-order valence-electron chi connectivity index (χ4n) is 6.42. The number of fused-ring (bicyclic) bond motifs is 1. The minimum Gasteiger partial charge on any atom is -0.386 e. The molecule has 0 spiro atoms. The van der Waals surface area contributed by atoms with E-state index in [1.54, 1.807) is 0 Å². The van der Waals surface area contributed by atoms with Gasteiger partial charge in [0.05, 0.1) is 19.5 Å². The first-order chi connectivity index (χ1) is 33.6. The van der Waals surface area contributed by atoms with Crippen molar-refractivity contribution in [3.8, 4) is 0 Å². The molecule has 24 nitrogen and oxygen atoms in total. The van der Waals surface area contributed by atoms with Gasteiger partial charge >= 0.3 is 23.5 Å². The molecule has 2 unspecified atom stereocenters. The molecule has 0 radical (unpaired) electrons. The lowest BCUT2D eigenvalue weighted by atomic mass is 9.87. The maximum Gasteiger partial charge on any atom is 0.481 e. The molecule has 7 atom stereocenters. The van der Waals surface area contributed by atoms with E-state index in [9.17, 15) is 57.9 Å². The number of aromatic nitrogens is 4. The average Bonchev–Trinajstić information content (AvgIpc) is 3.86. The Morgan fingerprint density at radius 2 is 1.49 bits per heavy atom. The highest BCUT2D eigenvalue weighted by molar-refractivity contribution is 8.14. The summed E-state index contributed by atoms with van der Waals surface area (Å²) in [6, 6.07) is 0. The third-order valence-corrected chi connectivity index (χ3v) is 14.1. The quantitative estimate of drug-likeness (QED) is 0.0184. The number of phosphoric ester groups is 3. The largest absolute Gasteiger partial charge is 0.481 e. The van der Waals surface area contributed by atoms with E-state index in [4.69, 9.17) is 19.5 Å². The van der Waals surface area contributed by atoms with Crippen LogP contribution < -0.4 is 16.4 Å². The Labute approximate surface area is 417 Å². The minimum absolute atomic E-state index is 0.0295. The minimum atomic E-state index is -5.58. The molecule has 3 heterocycles. The topological polar surface area (TPSA) is 364 Å². The normalized spacial score (nSPS) is 20.2. The number of nitrogens with two attached hydrogens (primary N) is 1. The summed E-state index contributed by atoms with van der Waals surface area (Å²) in [5.74, 6) is -1.14. The highest BCUT2D eigenvalue weighted by Crippen LogP contribution is 2.61. The summed E-state index contributed by atoms with van der Waals surface area (Å²) in [6.45, 7) is 2.68. The number of phosphoric acid groups is 3. The Bertz CT molecular complexity index is 2310. The zero-order chi connectivity index (χ0) is 52.5. The summed E-state index contributed by atoms with van der Waals surface area (Å²) in [4.78, 5) is 88.3. The van der Waals surface area contributed by atoms with E-state index >= 15 is 0 Å². The average molecular weight is 1080 g/mol. The fourth-order valence-corrected chi connectivity index (χ4v) is 9.85. The van der Waals surface area contributed by atoms with Crippen LogP contribution >= 0.6 is 35.2 Å². The van der Waals surface area contributed by atoms with E-state index in [1.807, 2.05) is 6.08 Å². The van der Waals surface area contributed by atoms with Crippen molar-refractivity contribution >= 4 is 69.1 Å². The number of nitrogens with one attached hydrogen (secondary N) is 2. The number of allylic oxidation sites excluding steroid dienone is 9. The highest BCUT2D eigenvalue weighted by Gasteiger charge is 2.50. The summed E-state index contributed by atoms with van der Waals surface area (Å²) in [5, 5.41) is 26.4. The van der Waals surface area contributed by atoms with Gasteiger partial charge in [-0.1, -0.05) is 100 Å². The number of unbranched alkanes of at least 4 members (excludes halogenated alkanes) is 5. The molecule has 0 aromatic carbocycles. The summed E-state index contributed by atoms with van der Waals surface area (Å²) in [7, 11) is -16.4. The van der Waals surface area contributed by atoms with Crippen molar-refractivity contribution in [2.75, 3.05) is 37.8 Å². The lowest BCUT2D eigenvalue weighted by molar-refractivity contribution is -0.137. The predicted molar refractivity (Wildman–Crippen MR) is 265 cm³/mol. The summed E-state index contributed by atoms with van der Waals surface area (Å²) < 4.78 is 62.4. The van der Waals surface area contributed by atoms with Crippen LogP contribution in [0.15, 0.2) is 73.4 Å². The first-order valence-electron chi connectivity index (χ1n) is 22.9. The van der Waals surface area contributed by atoms with Crippen LogP contribution in [0.3, 0.4) is 0 Å². The van der Waals surface area contributed by atoms with Gasteiger partial charge in [-0.05, 0) is 57.4 Å². The molecule has 2 amide bonds. The third kappa shape index (κ3) is 23.8. The number of thioether (sulfide) groups is 1. The van der Waals surface area contributed by atoms with Gasteiger partial charge in [-0.15, -0.1) is 0 Å². The number of carbonyl (C=O) groups excluding carboxylic acids is 3. The molecule has 2 aromatic heterocycles. The van der Waals surface area contributed by atoms with Crippen molar-refractivity contribution in [1.82, 2.24) is 30.2 Å². The Hall–Kier alpha value is -3.74. The number of anilines is 1.